The first-order chi connectivity index (χ1) is 14.1. The van der Waals surface area contributed by atoms with Crippen molar-refractivity contribution in [2.24, 2.45) is 0 Å². The van der Waals surface area contributed by atoms with Crippen LogP contribution in [0.25, 0.3) is 0 Å². The first-order valence-electron chi connectivity index (χ1n) is 11.2. The van der Waals surface area contributed by atoms with E-state index in [2.05, 4.69) is 52.4 Å². The van der Waals surface area contributed by atoms with Gasteiger partial charge in [-0.3, -0.25) is 0 Å². The van der Waals surface area contributed by atoms with Crippen molar-refractivity contribution in [3.63, 3.8) is 0 Å². The first kappa shape index (κ1) is 30.9. The van der Waals surface area contributed by atoms with Crippen LogP contribution in [0.2, 0.25) is 64.0 Å². The van der Waals surface area contributed by atoms with E-state index in [1.54, 1.807) is 6.92 Å². The molecule has 0 aliphatic rings. The van der Waals surface area contributed by atoms with Crippen LogP contribution >= 0.6 is 0 Å². The third-order valence-corrected chi connectivity index (χ3v) is 19.1. The van der Waals surface area contributed by atoms with E-state index in [1.807, 2.05) is 0 Å². The molecule has 0 aliphatic carbocycles. The molecule has 0 saturated heterocycles. The predicted octanol–water partition coefficient (Wildman–Crippen LogP) is 4.49. The van der Waals surface area contributed by atoms with Crippen LogP contribution in [0.5, 0.6) is 0 Å². The Hall–Kier alpha value is -0.122. The Morgan fingerprint density at radius 3 is 1.58 bits per heavy atom. The SMILES string of the molecule is C=C(C)C(=O)OCCC[Si](O[Si](C)(C)C)(O[Si](C)(C)CCCO)O[Si](C)(C)CCCO. The molecule has 0 aromatic carbocycles. The Labute approximate surface area is 193 Å². The highest BCUT2D eigenvalue weighted by molar-refractivity contribution is 6.90. The number of aliphatic hydroxyl groups is 2. The van der Waals surface area contributed by atoms with Gasteiger partial charge in [-0.2, -0.15) is 0 Å². The van der Waals surface area contributed by atoms with Gasteiger partial charge >= 0.3 is 14.8 Å². The number of esters is 1. The maximum atomic E-state index is 11.8. The zero-order valence-electron chi connectivity index (χ0n) is 21.0. The van der Waals surface area contributed by atoms with E-state index in [4.69, 9.17) is 17.1 Å². The summed E-state index contributed by atoms with van der Waals surface area (Å²) in [5, 5.41) is 18.6. The molecule has 0 fully saturated rings. The summed E-state index contributed by atoms with van der Waals surface area (Å²) in [4.78, 5) is 11.8. The number of aliphatic hydroxyl groups excluding tert-OH is 2. The fraction of sp³-hybridized carbons (Fsp3) is 0.850. The van der Waals surface area contributed by atoms with E-state index < -0.39 is 39.7 Å². The van der Waals surface area contributed by atoms with E-state index >= 15 is 0 Å². The Bertz CT molecular complexity index is 540. The Morgan fingerprint density at radius 2 is 1.23 bits per heavy atom. The van der Waals surface area contributed by atoms with Gasteiger partial charge < -0.3 is 27.3 Å². The van der Waals surface area contributed by atoms with Gasteiger partial charge in [0.05, 0.1) is 6.61 Å². The zero-order valence-corrected chi connectivity index (χ0v) is 25.0. The van der Waals surface area contributed by atoms with Crippen LogP contribution in [0.3, 0.4) is 0 Å². The Morgan fingerprint density at radius 1 is 0.774 bits per heavy atom. The van der Waals surface area contributed by atoms with Gasteiger partial charge in [0.15, 0.2) is 25.0 Å². The molecule has 0 heterocycles. The zero-order chi connectivity index (χ0) is 24.3. The van der Waals surface area contributed by atoms with Crippen LogP contribution in [0.15, 0.2) is 12.2 Å². The lowest BCUT2D eigenvalue weighted by atomic mass is 10.4. The molecular formula is C20H46O7Si4. The minimum Gasteiger partial charge on any atom is -0.462 e. The van der Waals surface area contributed by atoms with Crippen molar-refractivity contribution in [1.29, 1.82) is 0 Å². The largest absolute Gasteiger partial charge is 0.469 e. The third kappa shape index (κ3) is 14.6. The molecule has 0 saturated carbocycles. The minimum absolute atomic E-state index is 0.137. The van der Waals surface area contributed by atoms with Crippen molar-refractivity contribution in [3.8, 4) is 0 Å². The highest BCUT2D eigenvalue weighted by atomic mass is 28.5. The Kier molecular flexibility index (Phi) is 13.5. The van der Waals surface area contributed by atoms with E-state index in [0.717, 1.165) is 12.1 Å². The van der Waals surface area contributed by atoms with Crippen LogP contribution in [-0.2, 0) is 21.9 Å². The summed E-state index contributed by atoms with van der Waals surface area (Å²) in [5.41, 5.74) is 0.379. The topological polar surface area (TPSA) is 94.5 Å². The summed E-state index contributed by atoms with van der Waals surface area (Å²) in [6.45, 7) is 20.8. The molecule has 0 aliphatic heterocycles. The molecule has 7 nitrogen and oxygen atoms in total. The number of hydrogen-bond acceptors (Lipinski definition) is 7. The molecule has 2 N–H and O–H groups in total. The van der Waals surface area contributed by atoms with E-state index in [9.17, 15) is 15.0 Å². The molecule has 0 radical (unpaired) electrons. The normalized spacial score (nSPS) is 13.4. The van der Waals surface area contributed by atoms with Gasteiger partial charge in [-0.25, -0.2) is 4.79 Å². The van der Waals surface area contributed by atoms with Gasteiger partial charge in [0, 0.05) is 24.8 Å². The molecule has 0 amide bonds. The van der Waals surface area contributed by atoms with E-state index in [0.29, 0.717) is 30.9 Å². The highest BCUT2D eigenvalue weighted by Gasteiger charge is 2.51. The highest BCUT2D eigenvalue weighted by Crippen LogP contribution is 2.33. The molecule has 0 rings (SSSR count). The molecule has 0 atom stereocenters. The third-order valence-electron chi connectivity index (χ3n) is 4.41. The summed E-state index contributed by atoms with van der Waals surface area (Å²) in [5.74, 6) is -0.393. The molecule has 0 aromatic rings. The van der Waals surface area contributed by atoms with Gasteiger partial charge in [-0.05, 0) is 84.1 Å². The molecular weight excluding hydrogens is 465 g/mol. The second-order valence-corrected chi connectivity index (χ2v) is 26.9. The first-order valence-corrected chi connectivity index (χ1v) is 22.8. The van der Waals surface area contributed by atoms with E-state index in [1.165, 1.54) is 0 Å². The van der Waals surface area contributed by atoms with Crippen molar-refractivity contribution in [3.05, 3.63) is 12.2 Å². The van der Waals surface area contributed by atoms with Crippen molar-refractivity contribution < 1.29 is 32.1 Å². The summed E-state index contributed by atoms with van der Waals surface area (Å²) in [6, 6.07) is 2.21. The summed E-state index contributed by atoms with van der Waals surface area (Å²) < 4.78 is 25.7. The molecule has 0 bridgehead atoms. The average molecular weight is 511 g/mol. The van der Waals surface area contributed by atoms with Crippen LogP contribution in [-0.4, -0.2) is 69.8 Å². The minimum atomic E-state index is -3.09. The number of rotatable bonds is 17. The van der Waals surface area contributed by atoms with Crippen LogP contribution in [0.1, 0.15) is 26.2 Å². The van der Waals surface area contributed by atoms with Crippen molar-refractivity contribution >= 4 is 39.7 Å². The predicted molar refractivity (Wildman–Crippen MR) is 136 cm³/mol. The maximum absolute atomic E-state index is 11.8. The number of ether oxygens (including phenoxy) is 1. The number of carbonyl (C=O) groups excluding carboxylic acids is 1. The van der Waals surface area contributed by atoms with Gasteiger partial charge in [-0.1, -0.05) is 6.58 Å². The van der Waals surface area contributed by atoms with Crippen LogP contribution in [0.4, 0.5) is 0 Å². The summed E-state index contributed by atoms with van der Waals surface area (Å²) in [7, 11) is -9.44. The second-order valence-electron chi connectivity index (χ2n) is 10.3. The van der Waals surface area contributed by atoms with Gasteiger partial charge in [0.25, 0.3) is 0 Å². The fourth-order valence-electron chi connectivity index (χ4n) is 3.21. The molecule has 31 heavy (non-hydrogen) atoms. The lowest BCUT2D eigenvalue weighted by molar-refractivity contribution is -0.139. The molecule has 0 spiro atoms. The van der Waals surface area contributed by atoms with Crippen LogP contribution < -0.4 is 0 Å². The average Bonchev–Trinajstić information content (AvgIpc) is 2.59. The van der Waals surface area contributed by atoms with E-state index in [-0.39, 0.29) is 19.8 Å². The summed E-state index contributed by atoms with van der Waals surface area (Å²) in [6.07, 6.45) is 1.97. The monoisotopic (exact) mass is 510 g/mol. The number of carbonyl (C=O) groups is 1. The Balaban J connectivity index is 5.76. The van der Waals surface area contributed by atoms with Crippen molar-refractivity contribution in [2.45, 2.75) is 90.1 Å². The quantitative estimate of drug-likeness (QED) is 0.129. The smallest absolute Gasteiger partial charge is 0.462 e. The lowest BCUT2D eigenvalue weighted by Crippen LogP contribution is -2.61. The summed E-state index contributed by atoms with van der Waals surface area (Å²) >= 11 is 0. The van der Waals surface area contributed by atoms with Crippen molar-refractivity contribution in [2.75, 3.05) is 19.8 Å². The van der Waals surface area contributed by atoms with Gasteiger partial charge in [0.2, 0.25) is 0 Å². The second kappa shape index (κ2) is 13.6. The maximum Gasteiger partial charge on any atom is 0.469 e. The molecule has 0 aromatic heterocycles. The lowest BCUT2D eigenvalue weighted by Gasteiger charge is -2.44. The fourth-order valence-corrected chi connectivity index (χ4v) is 19.9. The molecule has 0 unspecified atom stereocenters. The van der Waals surface area contributed by atoms with Gasteiger partial charge in [0.1, 0.15) is 0 Å². The molecule has 184 valence electrons. The standard InChI is InChI=1S/C20H46O7Si4/c1-19(2)20(23)24-15-12-18-31(25-28(3,4)5,26-29(6,7)16-10-13-21)27-30(8,9)17-11-14-22/h21-22H,1,10-18H2,2-9H3. The molecule has 11 heteroatoms. The number of hydrogen-bond donors (Lipinski definition) is 2. The van der Waals surface area contributed by atoms with Gasteiger partial charge in [-0.15, -0.1) is 0 Å². The van der Waals surface area contributed by atoms with Crippen LogP contribution in [0, 0.1) is 0 Å². The van der Waals surface area contributed by atoms with Crippen molar-refractivity contribution in [1.82, 2.24) is 0 Å².